The molecule has 35 heavy (non-hydrogen) atoms. The number of fused-ring (bicyclic) bond motifs is 1. The molecule has 0 spiro atoms. The van der Waals surface area contributed by atoms with Crippen molar-refractivity contribution in [3.8, 4) is 11.5 Å². The van der Waals surface area contributed by atoms with Gasteiger partial charge in [0.2, 0.25) is 5.95 Å². The number of nitrogens with one attached hydrogen (secondary N) is 2. The lowest BCUT2D eigenvalue weighted by Crippen LogP contribution is -2.46. The molecule has 1 saturated carbocycles. The number of ether oxygens (including phenoxy) is 2. The van der Waals surface area contributed by atoms with Gasteiger partial charge in [0, 0.05) is 24.0 Å². The highest BCUT2D eigenvalue weighted by molar-refractivity contribution is 6.29. The second-order valence-electron chi connectivity index (χ2n) is 8.61. The number of pyridine rings is 2. The van der Waals surface area contributed by atoms with Crippen molar-refractivity contribution in [2.75, 3.05) is 31.8 Å². The lowest BCUT2D eigenvalue weighted by atomic mass is 9.88. The van der Waals surface area contributed by atoms with Crippen LogP contribution < -0.4 is 20.1 Å². The van der Waals surface area contributed by atoms with Crippen LogP contribution in [-0.2, 0) is 0 Å². The average molecular weight is 492 g/mol. The zero-order valence-corrected chi connectivity index (χ0v) is 20.5. The predicted molar refractivity (Wildman–Crippen MR) is 137 cm³/mol. The molecule has 1 aliphatic rings. The molecule has 180 valence electrons. The molecule has 10 heteroatoms. The van der Waals surface area contributed by atoms with E-state index in [1.165, 1.54) is 0 Å². The van der Waals surface area contributed by atoms with Gasteiger partial charge in [0.25, 0.3) is 0 Å². The lowest BCUT2D eigenvalue weighted by molar-refractivity contribution is 0.0383. The monoisotopic (exact) mass is 491 g/mol. The van der Waals surface area contributed by atoms with E-state index in [2.05, 4.69) is 49.6 Å². The molecule has 1 aromatic carbocycles. The molecule has 3 aromatic heterocycles. The minimum absolute atomic E-state index is 0.206. The first kappa shape index (κ1) is 23.1. The fourth-order valence-corrected chi connectivity index (χ4v) is 4.05. The molecular formula is C25H26ClN7O2. The summed E-state index contributed by atoms with van der Waals surface area (Å²) in [7, 11) is 5.83. The zero-order chi connectivity index (χ0) is 24.4. The van der Waals surface area contributed by atoms with Gasteiger partial charge < -0.3 is 25.0 Å². The average Bonchev–Trinajstić information content (AvgIpc) is 2.81. The van der Waals surface area contributed by atoms with Gasteiger partial charge in [-0.25, -0.2) is 9.97 Å². The maximum Gasteiger partial charge on any atom is 0.229 e. The molecule has 0 bridgehead atoms. The van der Waals surface area contributed by atoms with Gasteiger partial charge in [-0.05, 0) is 63.3 Å². The first-order valence-electron chi connectivity index (χ1n) is 11.3. The van der Waals surface area contributed by atoms with E-state index < -0.39 is 0 Å². The molecule has 3 heterocycles. The van der Waals surface area contributed by atoms with E-state index >= 15 is 0 Å². The van der Waals surface area contributed by atoms with Crippen molar-refractivity contribution < 1.29 is 9.47 Å². The number of benzene rings is 1. The fourth-order valence-electron chi connectivity index (χ4n) is 3.89. The summed E-state index contributed by atoms with van der Waals surface area (Å²) in [5.41, 5.74) is 2.99. The van der Waals surface area contributed by atoms with Crippen LogP contribution in [0.4, 0.5) is 23.1 Å². The molecule has 0 aliphatic heterocycles. The van der Waals surface area contributed by atoms with E-state index in [1.807, 2.05) is 30.3 Å². The Hall–Kier alpha value is -3.69. The summed E-state index contributed by atoms with van der Waals surface area (Å²) in [4.78, 5) is 19.8. The third-order valence-electron chi connectivity index (χ3n) is 5.94. The minimum Gasteiger partial charge on any atom is -0.493 e. The Bertz CT molecular complexity index is 1340. The highest BCUT2D eigenvalue weighted by Crippen LogP contribution is 2.36. The van der Waals surface area contributed by atoms with E-state index in [-0.39, 0.29) is 6.10 Å². The molecule has 9 nitrogen and oxygen atoms in total. The van der Waals surface area contributed by atoms with Crippen molar-refractivity contribution in [3.63, 3.8) is 0 Å². The molecule has 5 rings (SSSR count). The Morgan fingerprint density at radius 2 is 1.77 bits per heavy atom. The van der Waals surface area contributed by atoms with E-state index in [9.17, 15) is 0 Å². The van der Waals surface area contributed by atoms with Crippen LogP contribution in [0.1, 0.15) is 12.8 Å². The number of hydrogen-bond acceptors (Lipinski definition) is 9. The number of halogens is 1. The Labute approximate surface area is 208 Å². The Morgan fingerprint density at radius 3 is 2.57 bits per heavy atom. The number of methoxy groups -OCH3 is 1. The van der Waals surface area contributed by atoms with Crippen LogP contribution in [0.25, 0.3) is 11.0 Å². The molecule has 1 aliphatic carbocycles. The van der Waals surface area contributed by atoms with Crippen LogP contribution >= 0.6 is 11.6 Å². The largest absolute Gasteiger partial charge is 0.493 e. The first-order valence-corrected chi connectivity index (χ1v) is 11.6. The van der Waals surface area contributed by atoms with Crippen LogP contribution in [0.5, 0.6) is 11.5 Å². The van der Waals surface area contributed by atoms with Crippen molar-refractivity contribution >= 4 is 45.8 Å². The smallest absolute Gasteiger partial charge is 0.229 e. The highest BCUT2D eigenvalue weighted by Gasteiger charge is 2.32. The summed E-state index contributed by atoms with van der Waals surface area (Å²) in [6.07, 6.45) is 5.63. The molecule has 4 aromatic rings. The van der Waals surface area contributed by atoms with Gasteiger partial charge in [-0.3, -0.25) is 4.98 Å². The maximum atomic E-state index is 6.14. The number of hydrogen-bond donors (Lipinski definition) is 2. The van der Waals surface area contributed by atoms with Crippen molar-refractivity contribution in [3.05, 3.63) is 60.0 Å². The van der Waals surface area contributed by atoms with Crippen molar-refractivity contribution in [2.24, 2.45) is 0 Å². The van der Waals surface area contributed by atoms with Gasteiger partial charge in [0.1, 0.15) is 17.1 Å². The SMILES string of the molecule is COc1cc(Nc2nccc(Nc3cnc4ccc(Cl)nc4c3)n2)ccc1OC1CC(N(C)C)C1. The number of aromatic nitrogens is 4. The van der Waals surface area contributed by atoms with E-state index in [0.29, 0.717) is 34.2 Å². The molecule has 0 amide bonds. The number of anilines is 4. The van der Waals surface area contributed by atoms with Crippen LogP contribution in [0.3, 0.4) is 0 Å². The lowest BCUT2D eigenvalue weighted by Gasteiger charge is -2.39. The normalized spacial score (nSPS) is 17.2. The Kier molecular flexibility index (Phi) is 6.52. The topological polar surface area (TPSA) is 97.3 Å². The summed E-state index contributed by atoms with van der Waals surface area (Å²) in [6, 6.07) is 13.5. The van der Waals surface area contributed by atoms with E-state index in [4.69, 9.17) is 21.1 Å². The third kappa shape index (κ3) is 5.36. The molecule has 2 N–H and O–H groups in total. The maximum absolute atomic E-state index is 6.14. The van der Waals surface area contributed by atoms with Crippen LogP contribution in [0, 0.1) is 0 Å². The van der Waals surface area contributed by atoms with Crippen LogP contribution in [-0.4, -0.2) is 58.2 Å². The highest BCUT2D eigenvalue weighted by atomic mass is 35.5. The van der Waals surface area contributed by atoms with Gasteiger partial charge in [-0.2, -0.15) is 4.98 Å². The first-order chi connectivity index (χ1) is 17.0. The molecular weight excluding hydrogens is 466 g/mol. The fraction of sp³-hybridized carbons (Fsp3) is 0.280. The van der Waals surface area contributed by atoms with Gasteiger partial charge >= 0.3 is 0 Å². The zero-order valence-electron chi connectivity index (χ0n) is 19.7. The van der Waals surface area contributed by atoms with E-state index in [1.54, 1.807) is 31.6 Å². The summed E-state index contributed by atoms with van der Waals surface area (Å²) in [5.74, 6) is 2.44. The predicted octanol–water partition coefficient (Wildman–Crippen LogP) is 5.04. The number of nitrogens with zero attached hydrogens (tertiary/aromatic N) is 5. The molecule has 1 fully saturated rings. The van der Waals surface area contributed by atoms with Gasteiger partial charge in [0.05, 0.1) is 30.0 Å². The Morgan fingerprint density at radius 1 is 0.914 bits per heavy atom. The second-order valence-corrected chi connectivity index (χ2v) is 8.99. The molecule has 0 unspecified atom stereocenters. The second kappa shape index (κ2) is 9.89. The molecule has 0 atom stereocenters. The van der Waals surface area contributed by atoms with Gasteiger partial charge in [-0.15, -0.1) is 0 Å². The summed E-state index contributed by atoms with van der Waals surface area (Å²) >= 11 is 6.01. The summed E-state index contributed by atoms with van der Waals surface area (Å²) in [6.45, 7) is 0. The van der Waals surface area contributed by atoms with E-state index in [0.717, 1.165) is 35.5 Å². The quantitative estimate of drug-likeness (QED) is 0.328. The summed E-state index contributed by atoms with van der Waals surface area (Å²) < 4.78 is 11.7. The minimum atomic E-state index is 0.206. The molecule has 0 radical (unpaired) electrons. The number of rotatable bonds is 8. The summed E-state index contributed by atoms with van der Waals surface area (Å²) in [5, 5.41) is 6.88. The standard InChI is InChI=1S/C25H26ClN7O2/c1-33(2)17-12-18(13-17)35-21-6-4-15(11-22(21)34-3)30-25-27-9-8-24(32-25)29-16-10-20-19(28-14-16)5-7-23(26)31-20/h4-11,14,17-18H,12-13H2,1-3H3,(H2,27,29,30,32). The van der Waals surface area contributed by atoms with Gasteiger partial charge in [-0.1, -0.05) is 11.6 Å². The molecule has 0 saturated heterocycles. The third-order valence-corrected chi connectivity index (χ3v) is 6.16. The van der Waals surface area contributed by atoms with Crippen LogP contribution in [0.15, 0.2) is 54.9 Å². The van der Waals surface area contributed by atoms with Crippen molar-refractivity contribution in [1.29, 1.82) is 0 Å². The van der Waals surface area contributed by atoms with Gasteiger partial charge in [0.15, 0.2) is 11.5 Å². The van der Waals surface area contributed by atoms with Crippen LogP contribution in [0.2, 0.25) is 5.15 Å². The Balaban J connectivity index is 1.27. The van der Waals surface area contributed by atoms with Crippen molar-refractivity contribution in [2.45, 2.75) is 25.0 Å². The van der Waals surface area contributed by atoms with Crippen molar-refractivity contribution in [1.82, 2.24) is 24.8 Å².